The zero-order chi connectivity index (χ0) is 19.6. The Bertz CT molecular complexity index is 894. The van der Waals surface area contributed by atoms with Crippen molar-refractivity contribution in [2.75, 3.05) is 0 Å². The second-order valence-corrected chi connectivity index (χ2v) is 9.66. The first-order valence-electron chi connectivity index (χ1n) is 9.17. The largest absolute Gasteiger partial charge is 0.534 e. The van der Waals surface area contributed by atoms with Gasteiger partial charge in [-0.05, 0) is 61.2 Å². The van der Waals surface area contributed by atoms with Crippen LogP contribution in [0, 0.1) is 17.3 Å². The molecule has 148 valence electrons. The molecule has 0 aromatic heterocycles. The number of carbonyl (C=O) groups excluding carboxylic acids is 1. The lowest BCUT2D eigenvalue weighted by atomic mass is 9.58. The van der Waals surface area contributed by atoms with Gasteiger partial charge in [-0.1, -0.05) is 18.6 Å². The van der Waals surface area contributed by atoms with Crippen LogP contribution >= 0.6 is 0 Å². The molecular weight excluding hydrogens is 381 g/mol. The SMILES string of the molecule is C[C@]12CC=C3C4=C(CC[C@H]3[C@@H]1CC=C2OS(=O)(=O)C(F)(F)F)CC(=O)CC4. The molecule has 0 radical (unpaired) electrons. The summed E-state index contributed by atoms with van der Waals surface area (Å²) >= 11 is 0. The normalized spacial score (nSPS) is 33.7. The molecule has 0 unspecified atom stereocenters. The van der Waals surface area contributed by atoms with E-state index < -0.39 is 21.0 Å². The number of allylic oxidation sites excluding steroid dienone is 6. The number of alkyl halides is 3. The Morgan fingerprint density at radius 2 is 1.93 bits per heavy atom. The van der Waals surface area contributed by atoms with Crippen molar-refractivity contribution in [1.82, 2.24) is 0 Å². The minimum Gasteiger partial charge on any atom is -0.380 e. The van der Waals surface area contributed by atoms with Crippen LogP contribution in [-0.2, 0) is 19.1 Å². The molecule has 8 heteroatoms. The highest BCUT2D eigenvalue weighted by atomic mass is 32.2. The number of ketones is 1. The molecule has 0 amide bonds. The Hall–Kier alpha value is -1.57. The Kier molecular flexibility index (Phi) is 4.15. The minimum atomic E-state index is -5.66. The van der Waals surface area contributed by atoms with Gasteiger partial charge in [0.15, 0.2) is 0 Å². The van der Waals surface area contributed by atoms with Crippen LogP contribution in [0.1, 0.15) is 51.9 Å². The van der Waals surface area contributed by atoms with E-state index in [1.165, 1.54) is 22.8 Å². The van der Waals surface area contributed by atoms with E-state index in [4.69, 9.17) is 0 Å². The van der Waals surface area contributed by atoms with E-state index in [1.807, 2.05) is 6.08 Å². The van der Waals surface area contributed by atoms with Gasteiger partial charge < -0.3 is 4.18 Å². The molecular formula is C19H21F3O4S. The van der Waals surface area contributed by atoms with Gasteiger partial charge in [0.1, 0.15) is 11.5 Å². The highest BCUT2D eigenvalue weighted by molar-refractivity contribution is 7.87. The molecule has 0 fully saturated rings. The van der Waals surface area contributed by atoms with E-state index in [0.29, 0.717) is 25.7 Å². The first-order valence-corrected chi connectivity index (χ1v) is 10.6. The molecule has 0 aromatic carbocycles. The molecule has 0 saturated carbocycles. The van der Waals surface area contributed by atoms with Crippen LogP contribution in [0.4, 0.5) is 13.2 Å². The maximum Gasteiger partial charge on any atom is 0.534 e. The topological polar surface area (TPSA) is 60.4 Å². The summed E-state index contributed by atoms with van der Waals surface area (Å²) in [6.45, 7) is 1.80. The van der Waals surface area contributed by atoms with Crippen LogP contribution in [-0.4, -0.2) is 19.7 Å². The summed E-state index contributed by atoms with van der Waals surface area (Å²) in [5, 5.41) is 0. The zero-order valence-corrected chi connectivity index (χ0v) is 15.8. The van der Waals surface area contributed by atoms with Crippen molar-refractivity contribution in [3.05, 3.63) is 34.6 Å². The molecule has 4 aliphatic carbocycles. The summed E-state index contributed by atoms with van der Waals surface area (Å²) < 4.78 is 65.7. The molecule has 0 spiro atoms. The lowest BCUT2D eigenvalue weighted by Gasteiger charge is -2.46. The van der Waals surface area contributed by atoms with E-state index >= 15 is 0 Å². The highest BCUT2D eigenvalue weighted by Crippen LogP contribution is 2.59. The van der Waals surface area contributed by atoms with Crippen LogP contribution in [0.3, 0.4) is 0 Å². The standard InChI is InChI=1S/C19H21F3O4S/c1-18-9-8-14-13-5-3-12(23)10-11(13)2-4-15(14)16(18)6-7-17(18)26-27(24,25)19(20,21)22/h7-8,15-16H,2-6,9-10H2,1H3/t15-,16+,18+/m1/s1. The molecule has 0 saturated heterocycles. The van der Waals surface area contributed by atoms with Crippen LogP contribution in [0.25, 0.3) is 0 Å². The Balaban J connectivity index is 1.63. The third kappa shape index (κ3) is 2.87. The molecule has 4 nitrogen and oxygen atoms in total. The van der Waals surface area contributed by atoms with Gasteiger partial charge in [-0.25, -0.2) is 0 Å². The quantitative estimate of drug-likeness (QED) is 0.502. The van der Waals surface area contributed by atoms with Gasteiger partial charge in [0.2, 0.25) is 0 Å². The summed E-state index contributed by atoms with van der Waals surface area (Å²) in [7, 11) is -5.66. The van der Waals surface area contributed by atoms with Gasteiger partial charge in [-0.15, -0.1) is 0 Å². The summed E-state index contributed by atoms with van der Waals surface area (Å²) in [5.41, 5.74) is -2.50. The number of halogens is 3. The molecule has 0 N–H and O–H groups in total. The second-order valence-electron chi connectivity index (χ2n) is 8.12. The van der Waals surface area contributed by atoms with Crippen molar-refractivity contribution in [3.8, 4) is 0 Å². The average Bonchev–Trinajstić information content (AvgIpc) is 2.89. The van der Waals surface area contributed by atoms with E-state index in [-0.39, 0.29) is 23.4 Å². The maximum absolute atomic E-state index is 12.7. The van der Waals surface area contributed by atoms with E-state index in [0.717, 1.165) is 19.3 Å². The first kappa shape index (κ1) is 18.8. The van der Waals surface area contributed by atoms with E-state index in [2.05, 4.69) is 4.18 Å². The maximum atomic E-state index is 12.7. The van der Waals surface area contributed by atoms with Gasteiger partial charge in [0, 0.05) is 18.3 Å². The van der Waals surface area contributed by atoms with Crippen molar-refractivity contribution in [3.63, 3.8) is 0 Å². The monoisotopic (exact) mass is 402 g/mol. The fraction of sp³-hybridized carbons (Fsp3) is 0.632. The molecule has 27 heavy (non-hydrogen) atoms. The minimum absolute atomic E-state index is 0.0163. The van der Waals surface area contributed by atoms with Gasteiger partial charge in [-0.3, -0.25) is 4.79 Å². The summed E-state index contributed by atoms with van der Waals surface area (Å²) in [6, 6.07) is 0. The van der Waals surface area contributed by atoms with Crippen LogP contribution in [0.2, 0.25) is 0 Å². The summed E-state index contributed by atoms with van der Waals surface area (Å²) in [5.74, 6) is 0.368. The van der Waals surface area contributed by atoms with Gasteiger partial charge >= 0.3 is 15.6 Å². The van der Waals surface area contributed by atoms with Crippen molar-refractivity contribution in [2.24, 2.45) is 17.3 Å². The van der Waals surface area contributed by atoms with Crippen molar-refractivity contribution >= 4 is 15.9 Å². The molecule has 0 aliphatic heterocycles. The number of hydrogen-bond donors (Lipinski definition) is 0. The zero-order valence-electron chi connectivity index (χ0n) is 14.9. The Morgan fingerprint density at radius 1 is 1.19 bits per heavy atom. The van der Waals surface area contributed by atoms with Crippen LogP contribution < -0.4 is 0 Å². The molecule has 4 aliphatic rings. The molecule has 0 aromatic rings. The lowest BCUT2D eigenvalue weighted by Crippen LogP contribution is -2.39. The van der Waals surface area contributed by atoms with E-state index in [9.17, 15) is 26.4 Å². The van der Waals surface area contributed by atoms with Gasteiger partial charge in [0.25, 0.3) is 0 Å². The van der Waals surface area contributed by atoms with Crippen LogP contribution in [0.15, 0.2) is 34.6 Å². The first-order chi connectivity index (χ1) is 12.5. The fourth-order valence-corrected chi connectivity index (χ4v) is 5.84. The number of hydrogen-bond acceptors (Lipinski definition) is 4. The van der Waals surface area contributed by atoms with Crippen molar-refractivity contribution in [1.29, 1.82) is 0 Å². The number of rotatable bonds is 2. The third-order valence-electron chi connectivity index (χ3n) is 6.65. The average molecular weight is 402 g/mol. The Morgan fingerprint density at radius 3 is 2.63 bits per heavy atom. The number of carbonyl (C=O) groups is 1. The third-order valence-corrected chi connectivity index (χ3v) is 7.62. The van der Waals surface area contributed by atoms with Gasteiger partial charge in [-0.2, -0.15) is 21.6 Å². The Labute approximate surface area is 156 Å². The molecule has 3 atom stereocenters. The predicted molar refractivity (Wildman–Crippen MR) is 91.7 cm³/mol. The summed E-state index contributed by atoms with van der Waals surface area (Å²) in [4.78, 5) is 11.7. The lowest BCUT2D eigenvalue weighted by molar-refractivity contribution is -0.118. The number of fused-ring (bicyclic) bond motifs is 4. The second kappa shape index (κ2) is 5.96. The molecule has 4 rings (SSSR count). The summed E-state index contributed by atoms with van der Waals surface area (Å²) in [6.07, 6.45) is 7.94. The number of Topliss-reactive ketones (excluding diaryl/α,β-unsaturated/α-hetero) is 1. The van der Waals surface area contributed by atoms with Crippen molar-refractivity contribution in [2.45, 2.75) is 57.4 Å². The molecule has 0 heterocycles. The highest BCUT2D eigenvalue weighted by Gasteiger charge is 2.55. The van der Waals surface area contributed by atoms with Crippen molar-refractivity contribution < 1.29 is 30.6 Å². The fourth-order valence-electron chi connectivity index (χ4n) is 5.25. The molecule has 0 bridgehead atoms. The van der Waals surface area contributed by atoms with Crippen LogP contribution in [0.5, 0.6) is 0 Å². The smallest absolute Gasteiger partial charge is 0.380 e. The predicted octanol–water partition coefficient (Wildman–Crippen LogP) is 4.55. The van der Waals surface area contributed by atoms with Gasteiger partial charge in [0.05, 0.1) is 0 Å². The van der Waals surface area contributed by atoms with E-state index in [1.54, 1.807) is 6.92 Å².